The molecule has 2 aromatic rings. The maximum atomic E-state index is 13.6. The molecule has 2 amide bonds. The second-order valence-corrected chi connectivity index (χ2v) is 7.46. The van der Waals surface area contributed by atoms with E-state index in [1.165, 1.54) is 0 Å². The summed E-state index contributed by atoms with van der Waals surface area (Å²) in [4.78, 5) is 12.0. The maximum Gasteiger partial charge on any atom is 0.319 e. The number of amides is 2. The first-order chi connectivity index (χ1) is 11.2. The highest BCUT2D eigenvalue weighted by atomic mass is 32.2. The predicted octanol–water partition coefficient (Wildman–Crippen LogP) is 2.87. The molecule has 5 nitrogen and oxygen atoms in total. The van der Waals surface area contributed by atoms with E-state index in [9.17, 15) is 22.0 Å². The quantitative estimate of drug-likeness (QED) is 0.867. The van der Waals surface area contributed by atoms with E-state index >= 15 is 0 Å². The number of nitrogens with one attached hydrogen (secondary N) is 2. The van der Waals surface area contributed by atoms with Crippen LogP contribution in [0.3, 0.4) is 0 Å². The largest absolute Gasteiger partial charge is 0.330 e. The molecule has 1 atom stereocenters. The molecular weight excluding hydrogens is 338 g/mol. The third-order valence-corrected chi connectivity index (χ3v) is 4.09. The molecule has 0 spiro atoms. The summed E-state index contributed by atoms with van der Waals surface area (Å²) in [5.74, 6) is -2.00. The van der Waals surface area contributed by atoms with E-state index < -0.39 is 33.5 Å². The van der Waals surface area contributed by atoms with Crippen molar-refractivity contribution in [2.75, 3.05) is 17.3 Å². The minimum atomic E-state index is -3.37. The van der Waals surface area contributed by atoms with Gasteiger partial charge in [0.05, 0.1) is 17.5 Å². The monoisotopic (exact) mass is 354 g/mol. The van der Waals surface area contributed by atoms with Crippen molar-refractivity contribution in [2.24, 2.45) is 0 Å². The van der Waals surface area contributed by atoms with Gasteiger partial charge in [-0.3, -0.25) is 0 Å². The average Bonchev–Trinajstić information content (AvgIpc) is 2.49. The van der Waals surface area contributed by atoms with Gasteiger partial charge in [0.1, 0.15) is 21.5 Å². The highest BCUT2D eigenvalue weighted by molar-refractivity contribution is 7.90. The van der Waals surface area contributed by atoms with Gasteiger partial charge in [-0.25, -0.2) is 22.0 Å². The molecule has 2 rings (SSSR count). The molecule has 0 radical (unpaired) electrons. The molecule has 0 saturated carbocycles. The highest BCUT2D eigenvalue weighted by Crippen LogP contribution is 2.17. The Morgan fingerprint density at radius 2 is 1.79 bits per heavy atom. The fraction of sp³-hybridized carbons (Fsp3) is 0.188. The Balaban J connectivity index is 2.15. The Morgan fingerprint density at radius 3 is 2.38 bits per heavy atom. The average molecular weight is 354 g/mol. The first-order valence-corrected chi connectivity index (χ1v) is 9.06. The standard InChI is InChI=1S/C16H16F2N2O3S/c1-24(22,23)10-15(11-5-3-2-4-6-11)20-16(21)19-14-8-7-12(17)9-13(14)18/h2-9,15H,10H2,1H3,(H2,19,20,21). The Labute approximate surface area is 138 Å². The van der Waals surface area contributed by atoms with Crippen LogP contribution in [0.5, 0.6) is 0 Å². The minimum Gasteiger partial charge on any atom is -0.330 e. The van der Waals surface area contributed by atoms with Gasteiger partial charge in [-0.1, -0.05) is 30.3 Å². The smallest absolute Gasteiger partial charge is 0.319 e. The molecule has 128 valence electrons. The van der Waals surface area contributed by atoms with Gasteiger partial charge in [0.15, 0.2) is 0 Å². The topological polar surface area (TPSA) is 75.3 Å². The molecule has 0 aliphatic carbocycles. The van der Waals surface area contributed by atoms with Crippen LogP contribution in [0, 0.1) is 11.6 Å². The van der Waals surface area contributed by atoms with Crippen molar-refractivity contribution < 1.29 is 22.0 Å². The van der Waals surface area contributed by atoms with Crippen LogP contribution in [0.4, 0.5) is 19.3 Å². The predicted molar refractivity (Wildman–Crippen MR) is 87.4 cm³/mol. The van der Waals surface area contributed by atoms with E-state index in [1.807, 2.05) is 0 Å². The fourth-order valence-corrected chi connectivity index (χ4v) is 3.00. The summed E-state index contributed by atoms with van der Waals surface area (Å²) < 4.78 is 49.6. The Bertz CT molecular complexity index is 826. The molecule has 1 unspecified atom stereocenters. The first-order valence-electron chi connectivity index (χ1n) is 7.00. The van der Waals surface area contributed by atoms with Gasteiger partial charge in [-0.15, -0.1) is 0 Å². The number of benzene rings is 2. The van der Waals surface area contributed by atoms with Crippen molar-refractivity contribution in [3.63, 3.8) is 0 Å². The second kappa shape index (κ2) is 7.39. The van der Waals surface area contributed by atoms with Crippen LogP contribution in [0.1, 0.15) is 11.6 Å². The van der Waals surface area contributed by atoms with Crippen LogP contribution in [0.25, 0.3) is 0 Å². The Kier molecular flexibility index (Phi) is 5.50. The lowest BCUT2D eigenvalue weighted by molar-refractivity contribution is 0.249. The Morgan fingerprint density at radius 1 is 1.12 bits per heavy atom. The SMILES string of the molecule is CS(=O)(=O)CC(NC(=O)Nc1ccc(F)cc1F)c1ccccc1. The highest BCUT2D eigenvalue weighted by Gasteiger charge is 2.20. The zero-order chi connectivity index (χ0) is 17.7. The zero-order valence-corrected chi connectivity index (χ0v) is 13.6. The van der Waals surface area contributed by atoms with Crippen LogP contribution in [-0.2, 0) is 9.84 Å². The summed E-state index contributed by atoms with van der Waals surface area (Å²) in [5.41, 5.74) is 0.387. The van der Waals surface area contributed by atoms with Crippen molar-refractivity contribution in [3.05, 3.63) is 65.7 Å². The summed E-state index contributed by atoms with van der Waals surface area (Å²) in [5, 5.41) is 4.73. The number of hydrogen-bond acceptors (Lipinski definition) is 3. The van der Waals surface area contributed by atoms with Gasteiger partial charge in [-0.05, 0) is 17.7 Å². The Hall–Kier alpha value is -2.48. The van der Waals surface area contributed by atoms with Crippen LogP contribution in [0.2, 0.25) is 0 Å². The number of anilines is 1. The third-order valence-electron chi connectivity index (χ3n) is 3.16. The van der Waals surface area contributed by atoms with Gasteiger partial charge >= 0.3 is 6.03 Å². The molecule has 0 heterocycles. The van der Waals surface area contributed by atoms with Crippen LogP contribution < -0.4 is 10.6 Å². The number of carbonyl (C=O) groups is 1. The molecule has 0 bridgehead atoms. The lowest BCUT2D eigenvalue weighted by Gasteiger charge is -2.19. The molecule has 2 N–H and O–H groups in total. The second-order valence-electron chi connectivity index (χ2n) is 5.28. The van der Waals surface area contributed by atoms with Gasteiger partial charge < -0.3 is 10.6 Å². The fourth-order valence-electron chi connectivity index (χ4n) is 2.12. The van der Waals surface area contributed by atoms with Crippen LogP contribution in [0.15, 0.2) is 48.5 Å². The van der Waals surface area contributed by atoms with Gasteiger partial charge in [-0.2, -0.15) is 0 Å². The van der Waals surface area contributed by atoms with E-state index in [0.29, 0.717) is 11.6 Å². The lowest BCUT2D eigenvalue weighted by atomic mass is 10.1. The minimum absolute atomic E-state index is 0.208. The first kappa shape index (κ1) is 17.9. The van der Waals surface area contributed by atoms with Crippen molar-refractivity contribution in [1.29, 1.82) is 0 Å². The molecule has 8 heteroatoms. The van der Waals surface area contributed by atoms with E-state index in [1.54, 1.807) is 30.3 Å². The molecule has 24 heavy (non-hydrogen) atoms. The van der Waals surface area contributed by atoms with Crippen molar-refractivity contribution in [1.82, 2.24) is 5.32 Å². The van der Waals surface area contributed by atoms with Gasteiger partial charge in [0.25, 0.3) is 0 Å². The van der Waals surface area contributed by atoms with Crippen molar-refractivity contribution in [3.8, 4) is 0 Å². The van der Waals surface area contributed by atoms with E-state index in [2.05, 4.69) is 10.6 Å². The normalized spacial score (nSPS) is 12.5. The summed E-state index contributed by atoms with van der Waals surface area (Å²) in [6, 6.07) is 9.66. The van der Waals surface area contributed by atoms with Crippen LogP contribution >= 0.6 is 0 Å². The zero-order valence-electron chi connectivity index (χ0n) is 12.8. The molecule has 0 aliphatic heterocycles. The van der Waals surface area contributed by atoms with E-state index in [4.69, 9.17) is 0 Å². The molecule has 0 saturated heterocycles. The number of hydrogen-bond donors (Lipinski definition) is 2. The van der Waals surface area contributed by atoms with Gasteiger partial charge in [0, 0.05) is 12.3 Å². The third kappa shape index (κ3) is 5.31. The molecule has 0 aliphatic rings. The molecule has 0 fully saturated rings. The summed E-state index contributed by atoms with van der Waals surface area (Å²) in [6.45, 7) is 0. The van der Waals surface area contributed by atoms with Gasteiger partial charge in [0.2, 0.25) is 0 Å². The number of sulfone groups is 1. The molecule has 2 aromatic carbocycles. The molecule has 0 aromatic heterocycles. The lowest BCUT2D eigenvalue weighted by Crippen LogP contribution is -2.36. The maximum absolute atomic E-state index is 13.6. The van der Waals surface area contributed by atoms with Crippen molar-refractivity contribution in [2.45, 2.75) is 6.04 Å². The summed E-state index contributed by atoms with van der Waals surface area (Å²) in [6.07, 6.45) is 1.06. The van der Waals surface area contributed by atoms with Crippen molar-refractivity contribution >= 4 is 21.6 Å². The number of carbonyl (C=O) groups excluding carboxylic acids is 1. The molecular formula is C16H16F2N2O3S. The van der Waals surface area contributed by atoms with Crippen LogP contribution in [-0.4, -0.2) is 26.5 Å². The number of urea groups is 1. The summed E-state index contributed by atoms with van der Waals surface area (Å²) >= 11 is 0. The van der Waals surface area contributed by atoms with E-state index in [0.717, 1.165) is 18.4 Å². The van der Waals surface area contributed by atoms with E-state index in [-0.39, 0.29) is 11.4 Å². The number of rotatable bonds is 5. The summed E-state index contributed by atoms with van der Waals surface area (Å²) in [7, 11) is -3.37. The number of halogens is 2.